The molecule has 1 aromatic carbocycles. The van der Waals surface area contributed by atoms with Crippen LogP contribution in [0.15, 0.2) is 30.3 Å². The monoisotopic (exact) mass is 230 g/mol. The Morgan fingerprint density at radius 3 is 2.40 bits per heavy atom. The van der Waals surface area contributed by atoms with Crippen LogP contribution in [0, 0.1) is 0 Å². The van der Waals surface area contributed by atoms with E-state index >= 15 is 0 Å². The number of hydrogen-bond acceptors (Lipinski definition) is 4. The van der Waals surface area contributed by atoms with Crippen LogP contribution in [0.5, 0.6) is 0 Å². The van der Waals surface area contributed by atoms with Crippen molar-refractivity contribution in [3.05, 3.63) is 35.9 Å². The molecular weight excluding hydrogens is 216 g/mol. The lowest BCUT2D eigenvalue weighted by atomic mass is 10.2. The molecule has 1 rings (SSSR count). The maximum absolute atomic E-state index is 10.8. The fourth-order valence-electron chi connectivity index (χ4n) is 1.06. The molecule has 0 aliphatic heterocycles. The van der Waals surface area contributed by atoms with Crippen LogP contribution in [0.2, 0.25) is 0 Å². The van der Waals surface area contributed by atoms with Crippen LogP contribution in [0.25, 0.3) is 0 Å². The first-order valence-corrected chi connectivity index (χ1v) is 6.33. The van der Waals surface area contributed by atoms with E-state index in [-0.39, 0.29) is 0 Å². The van der Waals surface area contributed by atoms with Gasteiger partial charge in [-0.25, -0.2) is 4.18 Å². The van der Waals surface area contributed by atoms with Gasteiger partial charge in [-0.1, -0.05) is 30.3 Å². The van der Waals surface area contributed by atoms with Crippen LogP contribution in [0.3, 0.4) is 0 Å². The highest BCUT2D eigenvalue weighted by molar-refractivity contribution is 7.86. The Balaban J connectivity index is 2.38. The summed E-state index contributed by atoms with van der Waals surface area (Å²) in [6.07, 6.45) is 0.232. The van der Waals surface area contributed by atoms with Gasteiger partial charge in [0, 0.05) is 0 Å². The first kappa shape index (κ1) is 12.2. The van der Waals surface area contributed by atoms with Gasteiger partial charge in [0.25, 0.3) is 10.1 Å². The van der Waals surface area contributed by atoms with Gasteiger partial charge in [0.05, 0.1) is 12.9 Å². The highest BCUT2D eigenvalue weighted by Gasteiger charge is 2.10. The fourth-order valence-corrected chi connectivity index (χ4v) is 1.61. The van der Waals surface area contributed by atoms with Gasteiger partial charge in [0.2, 0.25) is 0 Å². The quantitative estimate of drug-likeness (QED) is 0.568. The molecule has 4 nitrogen and oxygen atoms in total. The van der Waals surface area contributed by atoms with Gasteiger partial charge in [-0.15, -0.1) is 0 Å². The van der Waals surface area contributed by atoms with Crippen LogP contribution in [0.4, 0.5) is 0 Å². The lowest BCUT2D eigenvalue weighted by Gasteiger charge is -2.11. The second kappa shape index (κ2) is 5.25. The zero-order valence-electron chi connectivity index (χ0n) is 8.71. The fraction of sp³-hybridized carbons (Fsp3) is 0.400. The minimum atomic E-state index is -3.45. The van der Waals surface area contributed by atoms with Crippen LogP contribution in [-0.4, -0.2) is 21.0 Å². The summed E-state index contributed by atoms with van der Waals surface area (Å²) in [5.74, 6) is 0. The predicted molar refractivity (Wildman–Crippen MR) is 56.6 cm³/mol. The molecule has 0 saturated heterocycles. The Labute approximate surface area is 90.0 Å². The topological polar surface area (TPSA) is 52.6 Å². The number of hydrogen-bond donors (Lipinski definition) is 0. The summed E-state index contributed by atoms with van der Waals surface area (Å²) < 4.78 is 31.3. The molecule has 0 fully saturated rings. The van der Waals surface area contributed by atoms with Crippen LogP contribution in [0.1, 0.15) is 12.5 Å². The normalized spacial score (nSPS) is 13.7. The predicted octanol–water partition coefficient (Wildman–Crippen LogP) is 1.53. The Bertz CT molecular complexity index is 385. The summed E-state index contributed by atoms with van der Waals surface area (Å²) in [6.45, 7) is 1.88. The van der Waals surface area contributed by atoms with Gasteiger partial charge >= 0.3 is 0 Å². The molecule has 84 valence electrons. The average Bonchev–Trinajstić information content (AvgIpc) is 2.14. The van der Waals surface area contributed by atoms with Crippen molar-refractivity contribution in [3.8, 4) is 0 Å². The molecule has 0 heterocycles. The van der Waals surface area contributed by atoms with Gasteiger partial charge in [-0.05, 0) is 12.5 Å². The summed E-state index contributed by atoms with van der Waals surface area (Å²) in [6, 6.07) is 9.47. The first-order valence-electron chi connectivity index (χ1n) is 4.51. The van der Waals surface area contributed by atoms with E-state index in [0.29, 0.717) is 6.61 Å². The molecule has 0 aliphatic carbocycles. The standard InChI is InChI=1S/C10H14O4S/c1-9(14-15(2,11)12)13-8-10-6-4-3-5-7-10/h3-7,9H,8H2,1-2H3. The van der Waals surface area contributed by atoms with Crippen LogP contribution >= 0.6 is 0 Å². The molecule has 0 aliphatic rings. The van der Waals surface area contributed by atoms with Gasteiger partial charge in [-0.2, -0.15) is 8.42 Å². The van der Waals surface area contributed by atoms with Gasteiger partial charge in [0.1, 0.15) is 0 Å². The largest absolute Gasteiger partial charge is 0.347 e. The summed E-state index contributed by atoms with van der Waals surface area (Å²) in [5.41, 5.74) is 0.974. The SMILES string of the molecule is CC(OCc1ccccc1)OS(C)(=O)=O. The Kier molecular flexibility index (Phi) is 4.26. The van der Waals surface area contributed by atoms with E-state index in [4.69, 9.17) is 4.74 Å². The van der Waals surface area contributed by atoms with E-state index in [0.717, 1.165) is 11.8 Å². The molecule has 0 bridgehead atoms. The third-order valence-corrected chi connectivity index (χ3v) is 2.26. The molecule has 1 aromatic rings. The van der Waals surface area contributed by atoms with Crippen molar-refractivity contribution in [2.24, 2.45) is 0 Å². The molecule has 0 radical (unpaired) electrons. The van der Waals surface area contributed by atoms with Crippen molar-refractivity contribution < 1.29 is 17.3 Å². The molecule has 0 amide bonds. The van der Waals surface area contributed by atoms with E-state index < -0.39 is 16.4 Å². The van der Waals surface area contributed by atoms with E-state index in [1.165, 1.54) is 0 Å². The molecule has 0 spiro atoms. The second-order valence-electron chi connectivity index (χ2n) is 3.16. The van der Waals surface area contributed by atoms with E-state index in [1.807, 2.05) is 30.3 Å². The third-order valence-electron chi connectivity index (χ3n) is 1.64. The van der Waals surface area contributed by atoms with Crippen LogP contribution < -0.4 is 0 Å². The maximum Gasteiger partial charge on any atom is 0.266 e. The average molecular weight is 230 g/mol. The molecule has 5 heteroatoms. The lowest BCUT2D eigenvalue weighted by molar-refractivity contribution is -0.0716. The van der Waals surface area contributed by atoms with E-state index in [1.54, 1.807) is 6.92 Å². The molecule has 0 N–H and O–H groups in total. The number of benzene rings is 1. The Morgan fingerprint density at radius 2 is 1.87 bits per heavy atom. The summed E-state index contributed by atoms with van der Waals surface area (Å²) in [5, 5.41) is 0. The van der Waals surface area contributed by atoms with E-state index in [9.17, 15) is 8.42 Å². The van der Waals surface area contributed by atoms with Crippen LogP contribution in [-0.2, 0) is 25.6 Å². The zero-order valence-corrected chi connectivity index (χ0v) is 9.53. The van der Waals surface area contributed by atoms with Crippen molar-refractivity contribution in [3.63, 3.8) is 0 Å². The van der Waals surface area contributed by atoms with E-state index in [2.05, 4.69) is 4.18 Å². The van der Waals surface area contributed by atoms with Gasteiger partial charge in [-0.3, -0.25) is 0 Å². The highest BCUT2D eigenvalue weighted by Crippen LogP contribution is 2.05. The molecule has 15 heavy (non-hydrogen) atoms. The van der Waals surface area contributed by atoms with Crippen molar-refractivity contribution >= 4 is 10.1 Å². The van der Waals surface area contributed by atoms with Gasteiger partial charge in [0.15, 0.2) is 6.29 Å². The van der Waals surface area contributed by atoms with Crippen molar-refractivity contribution in [2.45, 2.75) is 19.8 Å². The summed E-state index contributed by atoms with van der Waals surface area (Å²) in [4.78, 5) is 0. The van der Waals surface area contributed by atoms with Crippen molar-refractivity contribution in [1.82, 2.24) is 0 Å². The molecule has 1 atom stereocenters. The third kappa shape index (κ3) is 5.51. The first-order chi connectivity index (χ1) is 6.97. The molecule has 1 unspecified atom stereocenters. The molecule has 0 saturated carbocycles. The smallest absolute Gasteiger partial charge is 0.266 e. The Hall–Kier alpha value is -0.910. The molecule has 0 aromatic heterocycles. The van der Waals surface area contributed by atoms with Crippen molar-refractivity contribution in [2.75, 3.05) is 6.26 Å². The second-order valence-corrected chi connectivity index (χ2v) is 4.77. The lowest BCUT2D eigenvalue weighted by Crippen LogP contribution is -2.17. The van der Waals surface area contributed by atoms with Gasteiger partial charge < -0.3 is 4.74 Å². The number of ether oxygens (including phenoxy) is 1. The highest BCUT2D eigenvalue weighted by atomic mass is 32.2. The zero-order chi connectivity index (χ0) is 11.3. The Morgan fingerprint density at radius 1 is 1.27 bits per heavy atom. The maximum atomic E-state index is 10.8. The minimum Gasteiger partial charge on any atom is -0.347 e. The number of rotatable bonds is 5. The van der Waals surface area contributed by atoms with Crippen molar-refractivity contribution in [1.29, 1.82) is 0 Å². The molecular formula is C10H14O4S. The minimum absolute atomic E-state index is 0.331. The summed E-state index contributed by atoms with van der Waals surface area (Å²) in [7, 11) is -3.45. The summed E-state index contributed by atoms with van der Waals surface area (Å²) >= 11 is 0.